The molecule has 1 saturated heterocycles. The van der Waals surface area contributed by atoms with E-state index >= 15 is 0 Å². The van der Waals surface area contributed by atoms with Gasteiger partial charge in [0.25, 0.3) is 0 Å². The van der Waals surface area contributed by atoms with Gasteiger partial charge in [0.15, 0.2) is 23.0 Å². The highest BCUT2D eigenvalue weighted by atomic mass is 16.6. The molecule has 1 heterocycles. The Morgan fingerprint density at radius 2 is 1.60 bits per heavy atom. The molecule has 43 heavy (non-hydrogen) atoms. The summed E-state index contributed by atoms with van der Waals surface area (Å²) in [4.78, 5) is 41.0. The molecule has 1 aromatic rings. The smallest absolute Gasteiger partial charge is 0.311 e. The van der Waals surface area contributed by atoms with Crippen LogP contribution < -0.4 is 9.47 Å². The van der Waals surface area contributed by atoms with Gasteiger partial charge in [-0.15, -0.1) is 0 Å². The zero-order valence-electron chi connectivity index (χ0n) is 27.0. The van der Waals surface area contributed by atoms with Crippen molar-refractivity contribution < 1.29 is 28.6 Å². The summed E-state index contributed by atoms with van der Waals surface area (Å²) >= 11 is 0. The number of allylic oxidation sites excluding steroid dienone is 1. The minimum Gasteiger partial charge on any atom is -0.493 e. The molecule has 238 valence electrons. The van der Waals surface area contributed by atoms with Crippen LogP contribution in [-0.4, -0.2) is 56.8 Å². The average molecular weight is 596 g/mol. The Labute approximate surface area is 258 Å². The van der Waals surface area contributed by atoms with Crippen LogP contribution in [0.3, 0.4) is 0 Å². The fourth-order valence-electron chi connectivity index (χ4n) is 7.77. The number of Topliss-reactive ketones (excluding diaryl/α,β-unsaturated/α-hetero) is 1. The van der Waals surface area contributed by atoms with Crippen LogP contribution in [-0.2, 0) is 26.2 Å². The molecular weight excluding hydrogens is 542 g/mol. The number of benzene rings is 1. The second-order valence-corrected chi connectivity index (χ2v) is 13.0. The Balaban J connectivity index is 1.40. The number of unbranched alkanes of at least 4 members (excludes halogenated alkanes) is 12. The van der Waals surface area contributed by atoms with E-state index in [1.165, 1.54) is 78.4 Å². The van der Waals surface area contributed by atoms with Crippen molar-refractivity contribution >= 4 is 18.0 Å². The van der Waals surface area contributed by atoms with E-state index in [9.17, 15) is 14.4 Å². The van der Waals surface area contributed by atoms with Crippen molar-refractivity contribution in [2.75, 3.05) is 27.8 Å². The molecule has 7 nitrogen and oxygen atoms in total. The summed E-state index contributed by atoms with van der Waals surface area (Å²) in [5, 5.41) is 0. The number of likely N-dealkylation sites (tertiary alicyclic amines) is 1. The van der Waals surface area contributed by atoms with Crippen LogP contribution in [0.5, 0.6) is 11.5 Å². The minimum absolute atomic E-state index is 0.00322. The number of carbonyl (C=O) groups is 3. The Morgan fingerprint density at radius 3 is 2.19 bits per heavy atom. The summed E-state index contributed by atoms with van der Waals surface area (Å²) in [6.45, 7) is 3.07. The van der Waals surface area contributed by atoms with Crippen molar-refractivity contribution in [2.45, 2.75) is 128 Å². The number of fused-ring (bicyclic) bond motifs is 1. The first kappa shape index (κ1) is 33.2. The van der Waals surface area contributed by atoms with Gasteiger partial charge in [-0.05, 0) is 50.6 Å². The summed E-state index contributed by atoms with van der Waals surface area (Å²) in [6, 6.07) is 1.80. The lowest BCUT2D eigenvalue weighted by molar-refractivity contribution is -0.134. The van der Waals surface area contributed by atoms with Gasteiger partial charge in [-0.25, -0.2) is 0 Å². The molecular formula is C36H53NO6. The summed E-state index contributed by atoms with van der Waals surface area (Å²) in [6.07, 6.45) is 20.9. The van der Waals surface area contributed by atoms with Crippen LogP contribution in [0, 0.1) is 5.92 Å². The van der Waals surface area contributed by atoms with Gasteiger partial charge in [0.1, 0.15) is 6.29 Å². The molecule has 0 amide bonds. The van der Waals surface area contributed by atoms with Gasteiger partial charge in [0.2, 0.25) is 0 Å². The largest absolute Gasteiger partial charge is 0.493 e. The van der Waals surface area contributed by atoms with Crippen molar-refractivity contribution in [2.24, 2.45) is 5.92 Å². The third-order valence-corrected chi connectivity index (χ3v) is 10.2. The Hall–Kier alpha value is -2.67. The van der Waals surface area contributed by atoms with E-state index < -0.39 is 5.41 Å². The van der Waals surface area contributed by atoms with Crippen molar-refractivity contribution in [3.05, 3.63) is 34.6 Å². The number of aldehydes is 1. The van der Waals surface area contributed by atoms with Gasteiger partial charge in [-0.1, -0.05) is 84.0 Å². The molecule has 1 fully saturated rings. The van der Waals surface area contributed by atoms with Gasteiger partial charge in [-0.2, -0.15) is 0 Å². The predicted octanol–water partition coefficient (Wildman–Crippen LogP) is 7.51. The van der Waals surface area contributed by atoms with E-state index in [1.807, 2.05) is 6.08 Å². The van der Waals surface area contributed by atoms with Crippen LogP contribution >= 0.6 is 0 Å². The molecule has 2 aliphatic carbocycles. The Kier molecular flexibility index (Phi) is 12.3. The van der Waals surface area contributed by atoms with E-state index in [0.717, 1.165) is 43.2 Å². The maximum atomic E-state index is 13.2. The quantitative estimate of drug-likeness (QED) is 0.0752. The molecule has 7 heteroatoms. The van der Waals surface area contributed by atoms with E-state index in [4.69, 9.17) is 14.2 Å². The molecule has 0 N–H and O–H groups in total. The lowest BCUT2D eigenvalue weighted by Crippen LogP contribution is -2.60. The van der Waals surface area contributed by atoms with Crippen LogP contribution in [0.2, 0.25) is 0 Å². The monoisotopic (exact) mass is 595 g/mol. The Morgan fingerprint density at radius 1 is 0.977 bits per heavy atom. The normalized spacial score (nSPS) is 22.8. The Bertz CT molecular complexity index is 1160. The zero-order valence-corrected chi connectivity index (χ0v) is 27.0. The first-order valence-corrected chi connectivity index (χ1v) is 16.8. The van der Waals surface area contributed by atoms with Crippen molar-refractivity contribution in [1.82, 2.24) is 4.90 Å². The zero-order chi connectivity index (χ0) is 30.8. The third-order valence-electron chi connectivity index (χ3n) is 10.2. The number of nitrogens with zero attached hydrogens (tertiary/aromatic N) is 1. The molecule has 2 bridgehead atoms. The molecule has 0 saturated carbocycles. The maximum Gasteiger partial charge on any atom is 0.311 e. The number of likely N-dealkylation sites (N-methyl/N-ethyl adjacent to an activating group) is 1. The minimum atomic E-state index is -0.582. The number of rotatable bonds is 18. The average Bonchev–Trinajstić information content (AvgIpc) is 3.00. The number of ketones is 1. The predicted molar refractivity (Wildman–Crippen MR) is 169 cm³/mol. The number of hydrogen-bond acceptors (Lipinski definition) is 7. The molecule has 1 aromatic carbocycles. The number of esters is 1. The second-order valence-electron chi connectivity index (χ2n) is 13.0. The number of ether oxygens (including phenoxy) is 3. The molecule has 3 aliphatic rings. The fraction of sp³-hybridized carbons (Fsp3) is 0.694. The van der Waals surface area contributed by atoms with E-state index in [2.05, 4.69) is 18.9 Å². The van der Waals surface area contributed by atoms with Gasteiger partial charge in [-0.3, -0.25) is 14.4 Å². The van der Waals surface area contributed by atoms with Crippen molar-refractivity contribution in [1.29, 1.82) is 0 Å². The second kappa shape index (κ2) is 15.9. The molecule has 0 spiro atoms. The SMILES string of the molecule is CCCCCCCCCCCCCCCC(=O)Oc1c(OC)cc(C=O)c2c1[C@@]13CCN(C)[C@@H](C2)[C@H]1C=C(OC)C(=O)C3. The summed E-state index contributed by atoms with van der Waals surface area (Å²) in [7, 11) is 5.16. The first-order chi connectivity index (χ1) is 20.9. The summed E-state index contributed by atoms with van der Waals surface area (Å²) in [5.74, 6) is 0.799. The van der Waals surface area contributed by atoms with E-state index in [-0.39, 0.29) is 30.1 Å². The lowest BCUT2D eigenvalue weighted by Gasteiger charge is -2.56. The number of methoxy groups -OCH3 is 2. The van der Waals surface area contributed by atoms with Crippen molar-refractivity contribution in [3.8, 4) is 11.5 Å². The highest BCUT2D eigenvalue weighted by molar-refractivity contribution is 5.96. The molecule has 4 rings (SSSR count). The topological polar surface area (TPSA) is 82.1 Å². The van der Waals surface area contributed by atoms with Gasteiger partial charge in [0, 0.05) is 41.3 Å². The molecule has 0 radical (unpaired) electrons. The van der Waals surface area contributed by atoms with E-state index in [1.54, 1.807) is 6.07 Å². The summed E-state index contributed by atoms with van der Waals surface area (Å²) < 4.78 is 17.3. The van der Waals surface area contributed by atoms with Gasteiger partial charge >= 0.3 is 5.97 Å². The van der Waals surface area contributed by atoms with Gasteiger partial charge < -0.3 is 19.1 Å². The van der Waals surface area contributed by atoms with E-state index in [0.29, 0.717) is 42.1 Å². The highest BCUT2D eigenvalue weighted by Gasteiger charge is 2.57. The standard InChI is InChI=1S/C36H53NO6/c1-5-6-7-8-9-10-11-12-13-14-15-16-17-18-33(40)43-35-32(42-4)21-26(25-38)27-22-29-28-23-31(41-3)30(39)24-36(28,34(27)35)19-20-37(29)2/h21,23,25,28-29H,5-20,22,24H2,1-4H3/t28-,29+,36-/m1/s1. The van der Waals surface area contributed by atoms with Crippen LogP contribution in [0.15, 0.2) is 17.9 Å². The maximum absolute atomic E-state index is 13.2. The highest BCUT2D eigenvalue weighted by Crippen LogP contribution is 2.58. The fourth-order valence-corrected chi connectivity index (χ4v) is 7.77. The van der Waals surface area contributed by atoms with Gasteiger partial charge in [0.05, 0.1) is 14.2 Å². The summed E-state index contributed by atoms with van der Waals surface area (Å²) in [5.41, 5.74) is 1.63. The molecule has 0 aromatic heterocycles. The van der Waals surface area contributed by atoms with Crippen LogP contribution in [0.25, 0.3) is 0 Å². The first-order valence-electron chi connectivity index (χ1n) is 16.8. The third kappa shape index (κ3) is 7.53. The van der Waals surface area contributed by atoms with Crippen molar-refractivity contribution in [3.63, 3.8) is 0 Å². The molecule has 3 atom stereocenters. The number of carbonyl (C=O) groups excluding carboxylic acids is 3. The lowest BCUT2D eigenvalue weighted by atomic mass is 9.53. The van der Waals surface area contributed by atoms with Crippen LogP contribution in [0.4, 0.5) is 0 Å². The van der Waals surface area contributed by atoms with Crippen LogP contribution in [0.1, 0.15) is 131 Å². The number of hydrogen-bond donors (Lipinski definition) is 0. The number of piperidine rings is 1. The molecule has 0 unspecified atom stereocenters. The molecule has 1 aliphatic heterocycles.